The lowest BCUT2D eigenvalue weighted by molar-refractivity contribution is -0.132. The second-order valence-electron chi connectivity index (χ2n) is 8.39. The molecule has 34 heavy (non-hydrogen) atoms. The summed E-state index contributed by atoms with van der Waals surface area (Å²) < 4.78 is 6.74. The van der Waals surface area contributed by atoms with Crippen LogP contribution in [0.5, 0.6) is 5.75 Å². The molecule has 0 radical (unpaired) electrons. The van der Waals surface area contributed by atoms with Crippen molar-refractivity contribution in [2.45, 2.75) is 20.3 Å². The Hall–Kier alpha value is -2.17. The first-order chi connectivity index (χ1) is 16.2. The minimum Gasteiger partial charge on any atom is -0.495 e. The molecule has 0 saturated carbocycles. The summed E-state index contributed by atoms with van der Waals surface area (Å²) in [5.41, 5.74) is 2.21. The molecule has 1 aliphatic heterocycles. The number of carbonyl (C=O) groups excluding carboxylic acids is 2. The fraction of sp³-hybridized carbons (Fsp3) is 0.375. The molecule has 10 heteroatoms. The fourth-order valence-electron chi connectivity index (χ4n) is 3.72. The van der Waals surface area contributed by atoms with E-state index in [2.05, 4.69) is 61.2 Å². The van der Waals surface area contributed by atoms with Gasteiger partial charge in [-0.2, -0.15) is 0 Å². The van der Waals surface area contributed by atoms with Gasteiger partial charge in [0.2, 0.25) is 5.91 Å². The number of benzene rings is 2. The molecule has 1 heterocycles. The lowest BCUT2D eigenvalue weighted by atomic mass is 10.1. The molecule has 0 spiro atoms. The molecule has 2 aromatic rings. The van der Waals surface area contributed by atoms with E-state index >= 15 is 0 Å². The third-order valence-electron chi connectivity index (χ3n) is 5.39. The predicted octanol–water partition coefficient (Wildman–Crippen LogP) is 5.04. The molecular formula is C24H28Br2N4O3S. The molecule has 1 saturated heterocycles. The number of thiocarbonyl (C=S) groups is 1. The number of rotatable bonds is 6. The molecular weight excluding hydrogens is 584 g/mol. The van der Waals surface area contributed by atoms with Gasteiger partial charge in [0.1, 0.15) is 5.75 Å². The molecule has 2 amide bonds. The van der Waals surface area contributed by atoms with E-state index in [1.165, 1.54) is 7.11 Å². The average Bonchev–Trinajstić information content (AvgIpc) is 2.78. The van der Waals surface area contributed by atoms with E-state index in [4.69, 9.17) is 17.0 Å². The van der Waals surface area contributed by atoms with Crippen molar-refractivity contribution in [2.24, 2.45) is 5.92 Å². The Morgan fingerprint density at radius 3 is 2.32 bits per heavy atom. The van der Waals surface area contributed by atoms with Gasteiger partial charge in [0.05, 0.1) is 17.1 Å². The van der Waals surface area contributed by atoms with Crippen LogP contribution in [0.1, 0.15) is 30.6 Å². The van der Waals surface area contributed by atoms with Crippen molar-refractivity contribution in [1.82, 2.24) is 10.2 Å². The van der Waals surface area contributed by atoms with Crippen molar-refractivity contribution in [3.63, 3.8) is 0 Å². The topological polar surface area (TPSA) is 73.9 Å². The maximum absolute atomic E-state index is 12.7. The number of halogens is 2. The van der Waals surface area contributed by atoms with Crippen LogP contribution < -0.4 is 20.3 Å². The van der Waals surface area contributed by atoms with E-state index < -0.39 is 0 Å². The van der Waals surface area contributed by atoms with E-state index in [1.54, 1.807) is 12.1 Å². The standard InChI is InChI=1S/C24H28Br2N4O3S/c1-15(2)12-21(31)30-10-8-29(9-11-30)18-6-4-17(5-7-18)27-24(34)28-23(32)19-13-16(25)14-20(26)22(19)33-3/h4-7,13-15H,8-12H2,1-3H3,(H2,27,28,32,34). The highest BCUT2D eigenvalue weighted by Crippen LogP contribution is 2.32. The maximum Gasteiger partial charge on any atom is 0.261 e. The van der Waals surface area contributed by atoms with E-state index in [1.807, 2.05) is 29.2 Å². The van der Waals surface area contributed by atoms with Gasteiger partial charge in [-0.05, 0) is 70.5 Å². The number of nitrogens with zero attached hydrogens (tertiary/aromatic N) is 2. The Kier molecular flexibility index (Phi) is 9.32. The van der Waals surface area contributed by atoms with Crippen molar-refractivity contribution in [1.29, 1.82) is 0 Å². The van der Waals surface area contributed by atoms with Crippen LogP contribution in [0.3, 0.4) is 0 Å². The third kappa shape index (κ3) is 6.93. The number of methoxy groups -OCH3 is 1. The van der Waals surface area contributed by atoms with E-state index in [0.29, 0.717) is 28.1 Å². The van der Waals surface area contributed by atoms with Crippen molar-refractivity contribution in [3.05, 3.63) is 50.9 Å². The van der Waals surface area contributed by atoms with Crippen LogP contribution >= 0.6 is 44.1 Å². The van der Waals surface area contributed by atoms with Crippen molar-refractivity contribution in [2.75, 3.05) is 43.5 Å². The molecule has 2 N–H and O–H groups in total. The molecule has 7 nitrogen and oxygen atoms in total. The Morgan fingerprint density at radius 2 is 1.74 bits per heavy atom. The summed E-state index contributed by atoms with van der Waals surface area (Å²) in [7, 11) is 1.51. The monoisotopic (exact) mass is 610 g/mol. The number of hydrogen-bond donors (Lipinski definition) is 2. The molecule has 0 atom stereocenters. The molecule has 0 aromatic heterocycles. The highest BCUT2D eigenvalue weighted by Gasteiger charge is 2.22. The molecule has 182 valence electrons. The second kappa shape index (κ2) is 12.0. The average molecular weight is 612 g/mol. The number of piperazine rings is 1. The highest BCUT2D eigenvalue weighted by molar-refractivity contribution is 9.11. The van der Waals surface area contributed by atoms with Crippen molar-refractivity contribution < 1.29 is 14.3 Å². The Labute approximate surface area is 222 Å². The first kappa shape index (κ1) is 26.4. The maximum atomic E-state index is 12.7. The zero-order chi connectivity index (χ0) is 24.8. The first-order valence-electron chi connectivity index (χ1n) is 11.0. The Balaban J connectivity index is 1.55. The van der Waals surface area contributed by atoms with Gasteiger partial charge in [-0.3, -0.25) is 14.9 Å². The zero-order valence-electron chi connectivity index (χ0n) is 19.4. The summed E-state index contributed by atoms with van der Waals surface area (Å²) in [4.78, 5) is 29.2. The van der Waals surface area contributed by atoms with Gasteiger partial charge in [-0.15, -0.1) is 0 Å². The number of anilines is 2. The molecule has 0 unspecified atom stereocenters. The molecule has 0 aliphatic carbocycles. The number of nitrogens with one attached hydrogen (secondary N) is 2. The minimum atomic E-state index is -0.377. The molecule has 0 bridgehead atoms. The third-order valence-corrected chi connectivity index (χ3v) is 6.64. The van der Waals surface area contributed by atoms with E-state index in [9.17, 15) is 9.59 Å². The van der Waals surface area contributed by atoms with Gasteiger partial charge in [0.25, 0.3) is 5.91 Å². The van der Waals surface area contributed by atoms with E-state index in [-0.39, 0.29) is 16.9 Å². The van der Waals surface area contributed by atoms with Crippen molar-refractivity contribution >= 4 is 72.4 Å². The van der Waals surface area contributed by atoms with Gasteiger partial charge in [-0.1, -0.05) is 29.8 Å². The Bertz CT molecular complexity index is 1050. The number of hydrogen-bond acceptors (Lipinski definition) is 5. The van der Waals surface area contributed by atoms with Crippen LogP contribution in [0.25, 0.3) is 0 Å². The number of carbonyl (C=O) groups is 2. The smallest absolute Gasteiger partial charge is 0.261 e. The summed E-state index contributed by atoms with van der Waals surface area (Å²) >= 11 is 12.1. The van der Waals surface area contributed by atoms with Gasteiger partial charge in [0, 0.05) is 48.4 Å². The van der Waals surface area contributed by atoms with Crippen LogP contribution in [0.2, 0.25) is 0 Å². The van der Waals surface area contributed by atoms with Crippen LogP contribution in [0, 0.1) is 5.92 Å². The van der Waals surface area contributed by atoms with Gasteiger partial charge < -0.3 is 19.9 Å². The highest BCUT2D eigenvalue weighted by atomic mass is 79.9. The summed E-state index contributed by atoms with van der Waals surface area (Å²) in [5.74, 6) is 0.661. The second-order valence-corrected chi connectivity index (χ2v) is 10.6. The normalized spacial score (nSPS) is 13.6. The predicted molar refractivity (Wildman–Crippen MR) is 147 cm³/mol. The van der Waals surface area contributed by atoms with Gasteiger partial charge >= 0.3 is 0 Å². The van der Waals surface area contributed by atoms with Crippen LogP contribution in [-0.2, 0) is 4.79 Å². The van der Waals surface area contributed by atoms with Gasteiger partial charge in [-0.25, -0.2) is 0 Å². The molecule has 1 fully saturated rings. The first-order valence-corrected chi connectivity index (χ1v) is 13.0. The van der Waals surface area contributed by atoms with E-state index in [0.717, 1.165) is 42.0 Å². The quantitative estimate of drug-likeness (QED) is 0.446. The summed E-state index contributed by atoms with van der Waals surface area (Å²) in [6.45, 7) is 7.20. The SMILES string of the molecule is COc1c(Br)cc(Br)cc1C(=O)NC(=S)Nc1ccc(N2CCN(C(=O)CC(C)C)CC2)cc1. The molecule has 2 aromatic carbocycles. The summed E-state index contributed by atoms with van der Waals surface area (Å²) in [5, 5.41) is 5.92. The van der Waals surface area contributed by atoms with Gasteiger partial charge in [0.15, 0.2) is 5.11 Å². The number of amides is 2. The summed E-state index contributed by atoms with van der Waals surface area (Å²) in [6, 6.07) is 11.3. The van der Waals surface area contributed by atoms with Crippen LogP contribution in [0.15, 0.2) is 45.3 Å². The minimum absolute atomic E-state index is 0.188. The zero-order valence-corrected chi connectivity index (χ0v) is 23.3. The lowest BCUT2D eigenvalue weighted by Gasteiger charge is -2.36. The fourth-order valence-corrected chi connectivity index (χ4v) is 5.31. The Morgan fingerprint density at radius 1 is 1.09 bits per heavy atom. The van der Waals surface area contributed by atoms with Crippen LogP contribution in [0.4, 0.5) is 11.4 Å². The molecule has 1 aliphatic rings. The summed E-state index contributed by atoms with van der Waals surface area (Å²) in [6.07, 6.45) is 0.600. The lowest BCUT2D eigenvalue weighted by Crippen LogP contribution is -2.49. The largest absolute Gasteiger partial charge is 0.495 e. The van der Waals surface area contributed by atoms with Crippen molar-refractivity contribution in [3.8, 4) is 5.75 Å². The molecule has 3 rings (SSSR count). The van der Waals surface area contributed by atoms with Crippen LogP contribution in [-0.4, -0.2) is 55.1 Å². The number of ether oxygens (including phenoxy) is 1.